The van der Waals surface area contributed by atoms with Gasteiger partial charge in [0.1, 0.15) is 12.6 Å². The van der Waals surface area contributed by atoms with E-state index in [1.165, 1.54) is 0 Å². The molecule has 2 N–H and O–H groups in total. The predicted molar refractivity (Wildman–Crippen MR) is 98.2 cm³/mol. The van der Waals surface area contributed by atoms with Crippen LogP contribution in [0.25, 0.3) is 0 Å². The molecule has 6 heteroatoms. The Morgan fingerprint density at radius 2 is 1.85 bits per heavy atom. The van der Waals surface area contributed by atoms with Crippen LogP contribution in [-0.2, 0) is 16.1 Å². The van der Waals surface area contributed by atoms with Crippen molar-refractivity contribution in [3.05, 3.63) is 65.7 Å². The molecule has 0 aliphatic heterocycles. The van der Waals surface area contributed by atoms with Crippen molar-refractivity contribution < 1.29 is 14.3 Å². The van der Waals surface area contributed by atoms with Gasteiger partial charge in [0.05, 0.1) is 11.6 Å². The number of benzene rings is 2. The number of para-hydroxylation sites is 1. The van der Waals surface area contributed by atoms with Gasteiger partial charge in [0, 0.05) is 5.69 Å². The van der Waals surface area contributed by atoms with Crippen molar-refractivity contribution in [1.29, 1.82) is 5.26 Å². The first-order valence-electron chi connectivity index (χ1n) is 8.28. The van der Waals surface area contributed by atoms with Crippen molar-refractivity contribution >= 4 is 17.7 Å². The molecule has 0 radical (unpaired) electrons. The van der Waals surface area contributed by atoms with Gasteiger partial charge in [0.25, 0.3) is 0 Å². The molecule has 0 bridgehead atoms. The Labute approximate surface area is 152 Å². The molecule has 134 valence electrons. The fourth-order valence-electron chi connectivity index (χ4n) is 2.30. The molecule has 2 amide bonds. The van der Waals surface area contributed by atoms with E-state index in [0.29, 0.717) is 16.8 Å². The summed E-state index contributed by atoms with van der Waals surface area (Å²) in [6.45, 7) is 3.69. The van der Waals surface area contributed by atoms with Crippen LogP contribution in [0.1, 0.15) is 25.0 Å². The fourth-order valence-corrected chi connectivity index (χ4v) is 2.30. The Morgan fingerprint density at radius 3 is 2.50 bits per heavy atom. The molecule has 2 aromatic rings. The molecule has 0 heterocycles. The number of anilines is 1. The summed E-state index contributed by atoms with van der Waals surface area (Å²) in [6, 6.07) is 16.6. The van der Waals surface area contributed by atoms with Gasteiger partial charge in [-0.2, -0.15) is 5.26 Å². The summed E-state index contributed by atoms with van der Waals surface area (Å²) in [6.07, 6.45) is 0. The number of nitrogens with zero attached hydrogens (tertiary/aromatic N) is 1. The standard InChI is InChI=1S/C20H21N3O3/c1-14(2)18(23-20(25)22-17-9-4-3-5-10-17)19(24)26-13-16-8-6-7-15(11-16)12-21/h3-11,14,18H,13H2,1-2H3,(H2,22,23,25)/t18-/m0/s1. The summed E-state index contributed by atoms with van der Waals surface area (Å²) in [5.74, 6) is -0.667. The van der Waals surface area contributed by atoms with E-state index in [2.05, 4.69) is 10.6 Å². The topological polar surface area (TPSA) is 91.2 Å². The van der Waals surface area contributed by atoms with Crippen LogP contribution in [0, 0.1) is 17.2 Å². The van der Waals surface area contributed by atoms with Crippen molar-refractivity contribution in [3.8, 4) is 6.07 Å². The maximum Gasteiger partial charge on any atom is 0.329 e. The average Bonchev–Trinajstić information content (AvgIpc) is 2.65. The van der Waals surface area contributed by atoms with Crippen LogP contribution in [0.5, 0.6) is 0 Å². The summed E-state index contributed by atoms with van der Waals surface area (Å²) >= 11 is 0. The van der Waals surface area contributed by atoms with E-state index < -0.39 is 18.0 Å². The third-order valence-electron chi connectivity index (χ3n) is 3.68. The molecule has 0 unspecified atom stereocenters. The molecule has 0 saturated carbocycles. The van der Waals surface area contributed by atoms with Crippen molar-refractivity contribution in [2.45, 2.75) is 26.5 Å². The second kappa shape index (κ2) is 9.23. The summed E-state index contributed by atoms with van der Waals surface area (Å²) in [4.78, 5) is 24.5. The molecule has 1 atom stereocenters. The summed E-state index contributed by atoms with van der Waals surface area (Å²) in [7, 11) is 0. The van der Waals surface area contributed by atoms with E-state index in [1.54, 1.807) is 48.5 Å². The van der Waals surface area contributed by atoms with Crippen LogP contribution >= 0.6 is 0 Å². The molecule has 0 spiro atoms. The number of nitrogens with one attached hydrogen (secondary N) is 2. The van der Waals surface area contributed by atoms with Gasteiger partial charge in [0.15, 0.2) is 0 Å². The molecule has 6 nitrogen and oxygen atoms in total. The highest BCUT2D eigenvalue weighted by molar-refractivity contribution is 5.92. The van der Waals surface area contributed by atoms with Gasteiger partial charge >= 0.3 is 12.0 Å². The van der Waals surface area contributed by atoms with E-state index >= 15 is 0 Å². The zero-order valence-corrected chi connectivity index (χ0v) is 14.7. The van der Waals surface area contributed by atoms with E-state index in [1.807, 2.05) is 26.0 Å². The van der Waals surface area contributed by atoms with E-state index in [-0.39, 0.29) is 12.5 Å². The third-order valence-corrected chi connectivity index (χ3v) is 3.68. The predicted octanol–water partition coefficient (Wildman–Crippen LogP) is 3.45. The lowest BCUT2D eigenvalue weighted by molar-refractivity contribution is -0.148. The smallest absolute Gasteiger partial charge is 0.329 e. The van der Waals surface area contributed by atoms with Gasteiger partial charge in [-0.05, 0) is 35.7 Å². The molecule has 2 rings (SSSR count). The molecular weight excluding hydrogens is 330 g/mol. The van der Waals surface area contributed by atoms with Crippen LogP contribution in [0.15, 0.2) is 54.6 Å². The van der Waals surface area contributed by atoms with Gasteiger partial charge < -0.3 is 15.4 Å². The first kappa shape index (κ1) is 19.0. The molecule has 0 aliphatic rings. The molecule has 0 aliphatic carbocycles. The minimum absolute atomic E-state index is 0.0412. The largest absolute Gasteiger partial charge is 0.459 e. The summed E-state index contributed by atoms with van der Waals surface area (Å²) < 4.78 is 5.31. The molecule has 0 aromatic heterocycles. The number of hydrogen-bond acceptors (Lipinski definition) is 4. The quantitative estimate of drug-likeness (QED) is 0.780. The van der Waals surface area contributed by atoms with Crippen LogP contribution in [-0.4, -0.2) is 18.0 Å². The van der Waals surface area contributed by atoms with E-state index in [9.17, 15) is 9.59 Å². The molecular formula is C20H21N3O3. The lowest BCUT2D eigenvalue weighted by atomic mass is 10.1. The van der Waals surface area contributed by atoms with Crippen LogP contribution in [0.3, 0.4) is 0 Å². The van der Waals surface area contributed by atoms with E-state index in [4.69, 9.17) is 10.00 Å². The fraction of sp³-hybridized carbons (Fsp3) is 0.250. The van der Waals surface area contributed by atoms with Gasteiger partial charge in [0.2, 0.25) is 0 Å². The Morgan fingerprint density at radius 1 is 1.12 bits per heavy atom. The maximum absolute atomic E-state index is 12.4. The molecule has 0 saturated heterocycles. The van der Waals surface area contributed by atoms with Crippen molar-refractivity contribution in [3.63, 3.8) is 0 Å². The van der Waals surface area contributed by atoms with Crippen LogP contribution in [0.2, 0.25) is 0 Å². The Balaban J connectivity index is 1.94. The van der Waals surface area contributed by atoms with Gasteiger partial charge in [-0.3, -0.25) is 0 Å². The highest BCUT2D eigenvalue weighted by atomic mass is 16.5. The molecule has 0 fully saturated rings. The zero-order chi connectivity index (χ0) is 18.9. The number of nitriles is 1. The highest BCUT2D eigenvalue weighted by Gasteiger charge is 2.25. The molecule has 26 heavy (non-hydrogen) atoms. The number of carbonyl (C=O) groups is 2. The van der Waals surface area contributed by atoms with Gasteiger partial charge in [-0.1, -0.05) is 44.2 Å². The summed E-state index contributed by atoms with van der Waals surface area (Å²) in [5.41, 5.74) is 1.85. The second-order valence-corrected chi connectivity index (χ2v) is 6.11. The van der Waals surface area contributed by atoms with Crippen LogP contribution in [0.4, 0.5) is 10.5 Å². The Bertz CT molecular complexity index is 797. The minimum atomic E-state index is -0.780. The normalized spacial score (nSPS) is 11.3. The number of carbonyl (C=O) groups excluding carboxylic acids is 2. The first-order chi connectivity index (χ1) is 12.5. The Hall–Kier alpha value is -3.33. The lowest BCUT2D eigenvalue weighted by Crippen LogP contribution is -2.47. The highest BCUT2D eigenvalue weighted by Crippen LogP contribution is 2.10. The average molecular weight is 351 g/mol. The number of rotatable bonds is 6. The lowest BCUT2D eigenvalue weighted by Gasteiger charge is -2.21. The number of urea groups is 1. The second-order valence-electron chi connectivity index (χ2n) is 6.11. The van der Waals surface area contributed by atoms with Gasteiger partial charge in [-0.25, -0.2) is 9.59 Å². The number of esters is 1. The number of amides is 2. The monoisotopic (exact) mass is 351 g/mol. The first-order valence-corrected chi connectivity index (χ1v) is 8.28. The molecule has 2 aromatic carbocycles. The zero-order valence-electron chi connectivity index (χ0n) is 14.7. The van der Waals surface area contributed by atoms with Gasteiger partial charge in [-0.15, -0.1) is 0 Å². The number of ether oxygens (including phenoxy) is 1. The Kier molecular flexibility index (Phi) is 6.75. The minimum Gasteiger partial charge on any atom is -0.459 e. The maximum atomic E-state index is 12.4. The SMILES string of the molecule is CC(C)[C@H](NC(=O)Nc1ccccc1)C(=O)OCc1cccc(C#N)c1. The van der Waals surface area contributed by atoms with Crippen molar-refractivity contribution in [1.82, 2.24) is 5.32 Å². The summed E-state index contributed by atoms with van der Waals surface area (Å²) in [5, 5.41) is 14.2. The number of hydrogen-bond donors (Lipinski definition) is 2. The van der Waals surface area contributed by atoms with Crippen LogP contribution < -0.4 is 10.6 Å². The van der Waals surface area contributed by atoms with E-state index in [0.717, 1.165) is 0 Å². The third kappa shape index (κ3) is 5.64. The van der Waals surface area contributed by atoms with Crippen molar-refractivity contribution in [2.24, 2.45) is 5.92 Å². The van der Waals surface area contributed by atoms with Crippen molar-refractivity contribution in [2.75, 3.05) is 5.32 Å².